The number of methoxy groups -OCH3 is 2. The molecule has 0 aliphatic carbocycles. The molecule has 0 N–H and O–H groups in total. The van der Waals surface area contributed by atoms with Crippen molar-refractivity contribution in [1.82, 2.24) is 4.90 Å². The number of likely N-dealkylation sites (tertiary alicyclic amines) is 1. The Morgan fingerprint density at radius 1 is 1.12 bits per heavy atom. The van der Waals surface area contributed by atoms with Gasteiger partial charge in [-0.1, -0.05) is 18.2 Å². The van der Waals surface area contributed by atoms with Crippen LogP contribution in [0.3, 0.4) is 0 Å². The van der Waals surface area contributed by atoms with Crippen LogP contribution in [-0.4, -0.2) is 31.6 Å². The lowest BCUT2D eigenvalue weighted by Crippen LogP contribution is -2.30. The van der Waals surface area contributed by atoms with Crippen molar-refractivity contribution in [1.29, 1.82) is 0 Å². The third kappa shape index (κ3) is 2.79. The maximum absolute atomic E-state index is 13.1. The van der Waals surface area contributed by atoms with E-state index >= 15 is 0 Å². The lowest BCUT2D eigenvalue weighted by Gasteiger charge is -2.25. The predicted octanol–water partition coefficient (Wildman–Crippen LogP) is 4.43. The summed E-state index contributed by atoms with van der Waals surface area (Å²) in [5.74, 6) is 1.77. The molecule has 4 rings (SSSR count). The fraction of sp³-hybridized carbons (Fsp3) is 0.286. The first kappa shape index (κ1) is 16.5. The van der Waals surface area contributed by atoms with Crippen molar-refractivity contribution in [2.75, 3.05) is 20.8 Å². The number of amides is 1. The monoisotopic (exact) mass is 351 g/mol. The van der Waals surface area contributed by atoms with E-state index in [2.05, 4.69) is 0 Å². The summed E-state index contributed by atoms with van der Waals surface area (Å²) >= 11 is 0. The predicted molar refractivity (Wildman–Crippen MR) is 98.8 cm³/mol. The molecular formula is C21H21NO4. The third-order valence-corrected chi connectivity index (χ3v) is 4.95. The quantitative estimate of drug-likeness (QED) is 0.698. The summed E-state index contributed by atoms with van der Waals surface area (Å²) < 4.78 is 16.6. The average Bonchev–Trinajstić information content (AvgIpc) is 3.33. The van der Waals surface area contributed by atoms with Gasteiger partial charge in [0, 0.05) is 23.6 Å². The Hall–Kier alpha value is -2.95. The van der Waals surface area contributed by atoms with Crippen molar-refractivity contribution in [2.45, 2.75) is 18.9 Å². The highest BCUT2D eigenvalue weighted by Crippen LogP contribution is 2.39. The summed E-state index contributed by atoms with van der Waals surface area (Å²) in [6.07, 6.45) is 1.85. The van der Waals surface area contributed by atoms with Gasteiger partial charge in [-0.2, -0.15) is 0 Å². The van der Waals surface area contributed by atoms with Gasteiger partial charge >= 0.3 is 0 Å². The molecule has 0 saturated carbocycles. The van der Waals surface area contributed by atoms with Gasteiger partial charge in [-0.3, -0.25) is 4.79 Å². The summed E-state index contributed by atoms with van der Waals surface area (Å²) in [7, 11) is 3.26. The van der Waals surface area contributed by atoms with Crippen LogP contribution in [0, 0.1) is 0 Å². The Balaban J connectivity index is 1.67. The van der Waals surface area contributed by atoms with E-state index in [0.717, 1.165) is 40.9 Å². The zero-order chi connectivity index (χ0) is 18.1. The maximum Gasteiger partial charge on any atom is 0.290 e. The van der Waals surface area contributed by atoms with Gasteiger partial charge in [0.05, 0.1) is 20.3 Å². The summed E-state index contributed by atoms with van der Waals surface area (Å²) in [6, 6.07) is 15.2. The minimum atomic E-state index is -0.0819. The number of hydrogen-bond donors (Lipinski definition) is 0. The molecule has 0 spiro atoms. The zero-order valence-corrected chi connectivity index (χ0v) is 14.9. The molecule has 5 nitrogen and oxygen atoms in total. The number of benzene rings is 2. The molecule has 3 aromatic rings. The van der Waals surface area contributed by atoms with Crippen LogP contribution < -0.4 is 9.47 Å². The molecule has 0 bridgehead atoms. The topological polar surface area (TPSA) is 51.9 Å². The summed E-state index contributed by atoms with van der Waals surface area (Å²) in [4.78, 5) is 15.0. The van der Waals surface area contributed by atoms with Crippen LogP contribution >= 0.6 is 0 Å². The lowest BCUT2D eigenvalue weighted by molar-refractivity contribution is 0.0704. The van der Waals surface area contributed by atoms with Crippen LogP contribution in [0.2, 0.25) is 0 Å². The van der Waals surface area contributed by atoms with Gasteiger partial charge in [-0.15, -0.1) is 0 Å². The molecule has 2 aromatic carbocycles. The summed E-state index contributed by atoms with van der Waals surface area (Å²) in [6.45, 7) is 0.704. The Morgan fingerprint density at radius 2 is 1.96 bits per heavy atom. The minimum absolute atomic E-state index is 0.0310. The van der Waals surface area contributed by atoms with Gasteiger partial charge in [0.25, 0.3) is 5.91 Å². The van der Waals surface area contributed by atoms with E-state index in [9.17, 15) is 4.79 Å². The van der Waals surface area contributed by atoms with Gasteiger partial charge in [0.1, 0.15) is 17.1 Å². The van der Waals surface area contributed by atoms with Gasteiger partial charge in [0.2, 0.25) is 0 Å². The molecule has 1 aliphatic rings. The number of nitrogens with zero attached hydrogens (tertiary/aromatic N) is 1. The van der Waals surface area contributed by atoms with Crippen molar-refractivity contribution in [3.63, 3.8) is 0 Å². The minimum Gasteiger partial charge on any atom is -0.497 e. The molecule has 1 amide bonds. The molecule has 26 heavy (non-hydrogen) atoms. The van der Waals surface area contributed by atoms with Crippen molar-refractivity contribution < 1.29 is 18.7 Å². The Labute approximate surface area is 152 Å². The molecule has 134 valence electrons. The molecule has 5 heteroatoms. The van der Waals surface area contributed by atoms with Crippen molar-refractivity contribution in [2.24, 2.45) is 0 Å². The van der Waals surface area contributed by atoms with Crippen molar-refractivity contribution in [3.05, 3.63) is 59.9 Å². The first-order chi connectivity index (χ1) is 12.7. The number of rotatable bonds is 4. The van der Waals surface area contributed by atoms with E-state index in [4.69, 9.17) is 13.9 Å². The molecule has 0 radical (unpaired) electrons. The smallest absolute Gasteiger partial charge is 0.290 e. The maximum atomic E-state index is 13.1. The molecule has 1 aromatic heterocycles. The molecule has 0 unspecified atom stereocenters. The number of fused-ring (bicyclic) bond motifs is 1. The fourth-order valence-corrected chi connectivity index (χ4v) is 3.66. The van der Waals surface area contributed by atoms with Crippen molar-refractivity contribution >= 4 is 16.9 Å². The molecular weight excluding hydrogens is 330 g/mol. The second-order valence-electron chi connectivity index (χ2n) is 6.41. The number of hydrogen-bond acceptors (Lipinski definition) is 4. The van der Waals surface area contributed by atoms with E-state index in [0.29, 0.717) is 12.3 Å². The Morgan fingerprint density at radius 3 is 2.73 bits per heavy atom. The molecule has 1 saturated heterocycles. The van der Waals surface area contributed by atoms with Crippen LogP contribution in [0.1, 0.15) is 35.0 Å². The lowest BCUT2D eigenvalue weighted by atomic mass is 10.0. The van der Waals surface area contributed by atoms with Gasteiger partial charge in [-0.25, -0.2) is 0 Å². The molecule has 1 fully saturated rings. The molecule has 1 aliphatic heterocycles. The number of para-hydroxylation sites is 1. The number of carbonyl (C=O) groups is 1. The first-order valence-corrected chi connectivity index (χ1v) is 8.72. The van der Waals surface area contributed by atoms with Crippen LogP contribution in [0.4, 0.5) is 0 Å². The highest BCUT2D eigenvalue weighted by Gasteiger charge is 2.34. The van der Waals surface area contributed by atoms with Gasteiger partial charge < -0.3 is 18.8 Å². The van der Waals surface area contributed by atoms with E-state index < -0.39 is 0 Å². The standard InChI is InChI=1S/C21H21NO4/c1-24-15-9-10-16(19(13-15)25-2)17-7-5-11-22(17)21(23)20-12-14-6-3-4-8-18(14)26-20/h3-4,6,8-10,12-13,17H,5,7,11H2,1-2H3/t17-/m1/s1. The van der Waals surface area contributed by atoms with Crippen LogP contribution in [0.15, 0.2) is 52.9 Å². The van der Waals surface area contributed by atoms with E-state index in [-0.39, 0.29) is 11.9 Å². The SMILES string of the molecule is COc1ccc([C@H]2CCCN2C(=O)c2cc3ccccc3o2)c(OC)c1. The number of furan rings is 1. The van der Waals surface area contributed by atoms with Gasteiger partial charge in [0.15, 0.2) is 5.76 Å². The van der Waals surface area contributed by atoms with E-state index in [1.54, 1.807) is 14.2 Å². The summed E-state index contributed by atoms with van der Waals surface area (Å²) in [5, 5.41) is 0.939. The first-order valence-electron chi connectivity index (χ1n) is 8.72. The highest BCUT2D eigenvalue weighted by molar-refractivity contribution is 5.96. The second-order valence-corrected chi connectivity index (χ2v) is 6.41. The third-order valence-electron chi connectivity index (χ3n) is 4.95. The molecule has 2 heterocycles. The van der Waals surface area contributed by atoms with E-state index in [1.807, 2.05) is 53.4 Å². The highest BCUT2D eigenvalue weighted by atomic mass is 16.5. The van der Waals surface area contributed by atoms with Gasteiger partial charge in [-0.05, 0) is 37.1 Å². The second kappa shape index (κ2) is 6.75. The largest absolute Gasteiger partial charge is 0.497 e. The Bertz CT molecular complexity index is 913. The van der Waals surface area contributed by atoms with E-state index in [1.165, 1.54) is 0 Å². The number of ether oxygens (including phenoxy) is 2. The van der Waals surface area contributed by atoms with Crippen LogP contribution in [-0.2, 0) is 0 Å². The van der Waals surface area contributed by atoms with Crippen LogP contribution in [0.25, 0.3) is 11.0 Å². The molecule has 1 atom stereocenters. The fourth-order valence-electron chi connectivity index (χ4n) is 3.66. The summed E-state index contributed by atoms with van der Waals surface area (Å²) in [5.41, 5.74) is 1.73. The van der Waals surface area contributed by atoms with Crippen LogP contribution in [0.5, 0.6) is 11.5 Å². The van der Waals surface area contributed by atoms with Crippen molar-refractivity contribution in [3.8, 4) is 11.5 Å². The number of carbonyl (C=O) groups excluding carboxylic acids is 1. The normalized spacial score (nSPS) is 16.8. The zero-order valence-electron chi connectivity index (χ0n) is 14.9. The Kier molecular flexibility index (Phi) is 4.29. The average molecular weight is 351 g/mol.